The van der Waals surface area contributed by atoms with E-state index in [2.05, 4.69) is 28.5 Å². The first kappa shape index (κ1) is 26.7. The average Bonchev–Trinajstić information content (AvgIpc) is 3.24. The number of hydrogen-bond acceptors (Lipinski definition) is 10. The lowest BCUT2D eigenvalue weighted by molar-refractivity contribution is -0.207. The standard InChI is InChI=1S/C21H25F3N6O6/c1-4-5-8-29(12(2)28-9-7-26-14(11-28)36-19(33)21(22,23)24)15-16(25)30(13-6-10-35-18(13)32)20(34)27(3)17(15)31/h13-14,26H,2,6-11,25H2,1,3H3. The molecule has 15 heteroatoms. The molecule has 0 amide bonds. The van der Waals surface area contributed by atoms with Crippen molar-refractivity contribution in [1.82, 2.24) is 19.4 Å². The zero-order valence-electron chi connectivity index (χ0n) is 19.6. The third-order valence-electron chi connectivity index (χ3n) is 5.70. The summed E-state index contributed by atoms with van der Waals surface area (Å²) in [7, 11) is 1.22. The van der Waals surface area contributed by atoms with Gasteiger partial charge in [-0.2, -0.15) is 13.2 Å². The number of carbonyl (C=O) groups excluding carboxylic acids is 2. The van der Waals surface area contributed by atoms with E-state index in [0.717, 1.165) is 9.13 Å². The number of nitrogens with zero attached hydrogens (tertiary/aromatic N) is 4. The first-order valence-electron chi connectivity index (χ1n) is 10.8. The molecule has 0 bridgehead atoms. The molecule has 0 aromatic carbocycles. The van der Waals surface area contributed by atoms with Gasteiger partial charge in [-0.1, -0.05) is 12.5 Å². The smallest absolute Gasteiger partial charge is 0.464 e. The number of aromatic nitrogens is 2. The Labute approximate surface area is 203 Å². The van der Waals surface area contributed by atoms with Crippen LogP contribution in [0.15, 0.2) is 22.0 Å². The number of halogens is 3. The molecule has 3 heterocycles. The number of ether oxygens (including phenoxy) is 2. The fourth-order valence-electron chi connectivity index (χ4n) is 3.86. The highest BCUT2D eigenvalue weighted by Crippen LogP contribution is 2.28. The summed E-state index contributed by atoms with van der Waals surface area (Å²) in [5.41, 5.74) is 4.44. The molecule has 0 spiro atoms. The van der Waals surface area contributed by atoms with Crippen molar-refractivity contribution in [2.24, 2.45) is 7.05 Å². The molecule has 1 aromatic heterocycles. The van der Waals surface area contributed by atoms with Gasteiger partial charge in [0, 0.05) is 26.6 Å². The van der Waals surface area contributed by atoms with Crippen molar-refractivity contribution >= 4 is 23.4 Å². The zero-order valence-corrected chi connectivity index (χ0v) is 19.6. The third-order valence-corrected chi connectivity index (χ3v) is 5.70. The van der Waals surface area contributed by atoms with Crippen LogP contribution in [0.4, 0.5) is 24.7 Å². The molecule has 0 radical (unpaired) electrons. The van der Waals surface area contributed by atoms with Gasteiger partial charge in [0.2, 0.25) is 0 Å². The molecule has 196 valence electrons. The maximum absolute atomic E-state index is 13.2. The maximum Gasteiger partial charge on any atom is 0.490 e. The van der Waals surface area contributed by atoms with Gasteiger partial charge in [-0.25, -0.2) is 14.4 Å². The summed E-state index contributed by atoms with van der Waals surface area (Å²) in [5.74, 6) is 2.20. The molecule has 36 heavy (non-hydrogen) atoms. The van der Waals surface area contributed by atoms with E-state index in [1.54, 1.807) is 6.92 Å². The highest BCUT2D eigenvalue weighted by molar-refractivity contribution is 5.78. The van der Waals surface area contributed by atoms with Crippen molar-refractivity contribution in [3.05, 3.63) is 33.2 Å². The highest BCUT2D eigenvalue weighted by Gasteiger charge is 2.43. The van der Waals surface area contributed by atoms with Crippen LogP contribution in [0, 0.1) is 11.8 Å². The van der Waals surface area contributed by atoms with Crippen LogP contribution in [0.1, 0.15) is 19.4 Å². The average molecular weight is 514 g/mol. The normalized spacial score (nSPS) is 19.8. The SMILES string of the molecule is C=C(N1CCNC(OC(=O)C(F)(F)F)C1)N(CC#CC)c1c(N)n(C2CCOC2=O)c(=O)n(C)c1=O. The number of piperazine rings is 1. The second kappa shape index (κ2) is 10.4. The Kier molecular flexibility index (Phi) is 7.68. The molecule has 2 aliphatic rings. The Morgan fingerprint density at radius 3 is 2.64 bits per heavy atom. The molecule has 2 atom stereocenters. The molecule has 3 N–H and O–H groups in total. The molecule has 2 aliphatic heterocycles. The van der Waals surface area contributed by atoms with Gasteiger partial charge < -0.3 is 25.0 Å². The van der Waals surface area contributed by atoms with E-state index in [-0.39, 0.29) is 56.5 Å². The zero-order chi connectivity index (χ0) is 26.8. The van der Waals surface area contributed by atoms with Crippen molar-refractivity contribution in [3.63, 3.8) is 0 Å². The molecule has 2 unspecified atom stereocenters. The monoisotopic (exact) mass is 514 g/mol. The highest BCUT2D eigenvalue weighted by atomic mass is 19.4. The lowest BCUT2D eigenvalue weighted by Crippen LogP contribution is -2.55. The lowest BCUT2D eigenvalue weighted by atomic mass is 10.2. The number of anilines is 2. The van der Waals surface area contributed by atoms with E-state index < -0.39 is 41.6 Å². The summed E-state index contributed by atoms with van der Waals surface area (Å²) < 4.78 is 49.1. The summed E-state index contributed by atoms with van der Waals surface area (Å²) in [6.45, 7) is 5.58. The molecule has 0 aliphatic carbocycles. The second-order valence-corrected chi connectivity index (χ2v) is 7.94. The van der Waals surface area contributed by atoms with Crippen LogP contribution in [0.3, 0.4) is 0 Å². The largest absolute Gasteiger partial charge is 0.490 e. The molecule has 1 aromatic rings. The first-order valence-corrected chi connectivity index (χ1v) is 10.8. The minimum absolute atomic E-state index is 0.0735. The number of esters is 2. The summed E-state index contributed by atoms with van der Waals surface area (Å²) in [6, 6.07) is -1.04. The Hall–Kier alpha value is -3.93. The molecular weight excluding hydrogens is 489 g/mol. The van der Waals surface area contributed by atoms with Crippen LogP contribution in [0.25, 0.3) is 0 Å². The summed E-state index contributed by atoms with van der Waals surface area (Å²) in [5, 5.41) is 2.66. The number of nitrogen functional groups attached to an aromatic ring is 1. The number of nitrogens with one attached hydrogen (secondary N) is 1. The van der Waals surface area contributed by atoms with Crippen LogP contribution in [0.2, 0.25) is 0 Å². The molecule has 2 saturated heterocycles. The van der Waals surface area contributed by atoms with Gasteiger partial charge >= 0.3 is 23.8 Å². The summed E-state index contributed by atoms with van der Waals surface area (Å²) in [6.07, 6.45) is -6.31. The maximum atomic E-state index is 13.2. The van der Waals surface area contributed by atoms with Crippen molar-refractivity contribution in [2.45, 2.75) is 31.8 Å². The number of carbonyl (C=O) groups is 2. The van der Waals surface area contributed by atoms with Crippen LogP contribution in [-0.4, -0.2) is 71.2 Å². The van der Waals surface area contributed by atoms with Gasteiger partial charge in [-0.15, -0.1) is 5.92 Å². The van der Waals surface area contributed by atoms with Crippen LogP contribution >= 0.6 is 0 Å². The third kappa shape index (κ3) is 5.18. The minimum Gasteiger partial charge on any atom is -0.464 e. The Bertz CT molecular complexity index is 1240. The van der Waals surface area contributed by atoms with E-state index in [4.69, 9.17) is 10.5 Å². The quantitative estimate of drug-likeness (QED) is 0.368. The Balaban J connectivity index is 2.01. The minimum atomic E-state index is -5.17. The second-order valence-electron chi connectivity index (χ2n) is 7.94. The number of cyclic esters (lactones) is 1. The summed E-state index contributed by atoms with van der Waals surface area (Å²) >= 11 is 0. The predicted molar refractivity (Wildman–Crippen MR) is 120 cm³/mol. The van der Waals surface area contributed by atoms with Gasteiger partial charge in [0.25, 0.3) is 5.56 Å². The number of rotatable bonds is 6. The van der Waals surface area contributed by atoms with Gasteiger partial charge in [0.15, 0.2) is 11.9 Å². The van der Waals surface area contributed by atoms with Crippen molar-refractivity contribution < 1.29 is 32.2 Å². The van der Waals surface area contributed by atoms with E-state index in [1.165, 1.54) is 16.8 Å². The number of alkyl halides is 3. The van der Waals surface area contributed by atoms with E-state index in [1.807, 2.05) is 0 Å². The Morgan fingerprint density at radius 2 is 2.06 bits per heavy atom. The molecule has 12 nitrogen and oxygen atoms in total. The molecular formula is C21H25F3N6O6. The van der Waals surface area contributed by atoms with Gasteiger partial charge in [0.05, 0.1) is 19.7 Å². The van der Waals surface area contributed by atoms with Crippen molar-refractivity contribution in [3.8, 4) is 11.8 Å². The van der Waals surface area contributed by atoms with Crippen LogP contribution in [-0.2, 0) is 26.1 Å². The van der Waals surface area contributed by atoms with Gasteiger partial charge in [-0.3, -0.25) is 19.2 Å². The Morgan fingerprint density at radius 1 is 1.36 bits per heavy atom. The number of nitrogens with two attached hydrogens (primary N) is 1. The molecule has 0 saturated carbocycles. The first-order chi connectivity index (χ1) is 16.9. The van der Waals surface area contributed by atoms with E-state index in [9.17, 15) is 32.3 Å². The van der Waals surface area contributed by atoms with Crippen LogP contribution < -0.4 is 27.2 Å². The van der Waals surface area contributed by atoms with Gasteiger partial charge in [-0.05, 0) is 6.92 Å². The topological polar surface area (TPSA) is 141 Å². The summed E-state index contributed by atoms with van der Waals surface area (Å²) in [4.78, 5) is 52.3. The number of hydrogen-bond donors (Lipinski definition) is 2. The van der Waals surface area contributed by atoms with Gasteiger partial charge in [0.1, 0.15) is 17.7 Å². The predicted octanol–water partition coefficient (Wildman–Crippen LogP) is -0.745. The van der Waals surface area contributed by atoms with Crippen LogP contribution in [0.5, 0.6) is 0 Å². The van der Waals surface area contributed by atoms with E-state index >= 15 is 0 Å². The molecule has 3 rings (SSSR count). The lowest BCUT2D eigenvalue weighted by Gasteiger charge is -2.39. The molecule has 2 fully saturated rings. The fourth-order valence-corrected chi connectivity index (χ4v) is 3.86. The van der Waals surface area contributed by atoms with Crippen molar-refractivity contribution in [1.29, 1.82) is 0 Å². The van der Waals surface area contributed by atoms with E-state index in [0.29, 0.717) is 0 Å². The fraction of sp³-hybridized carbons (Fsp3) is 0.524. The van der Waals surface area contributed by atoms with Crippen molar-refractivity contribution in [2.75, 3.05) is 43.4 Å².